The second kappa shape index (κ2) is 8.81. The summed E-state index contributed by atoms with van der Waals surface area (Å²) < 4.78 is 6.90. The molecule has 1 unspecified atom stereocenters. The van der Waals surface area contributed by atoms with Crippen molar-refractivity contribution < 1.29 is 9.53 Å². The Morgan fingerprint density at radius 3 is 2.80 bits per heavy atom. The van der Waals surface area contributed by atoms with Gasteiger partial charge >= 0.3 is 0 Å². The van der Waals surface area contributed by atoms with Gasteiger partial charge in [0, 0.05) is 11.4 Å². The topological polar surface area (TPSA) is 73.2 Å². The molecule has 158 valence electrons. The Morgan fingerprint density at radius 1 is 1.33 bits per heavy atom. The number of aryl methyl sites for hydroxylation is 2. The molecule has 1 amide bonds. The van der Waals surface area contributed by atoms with Crippen molar-refractivity contribution >= 4 is 39.2 Å². The first-order valence-corrected chi connectivity index (χ1v) is 11.9. The highest BCUT2D eigenvalue weighted by Crippen LogP contribution is 2.36. The highest BCUT2D eigenvalue weighted by Gasteiger charge is 2.25. The van der Waals surface area contributed by atoms with Gasteiger partial charge in [-0.15, -0.1) is 11.3 Å². The Labute approximate surface area is 183 Å². The summed E-state index contributed by atoms with van der Waals surface area (Å²) in [6.07, 6.45) is 3.91. The molecule has 1 aromatic carbocycles. The van der Waals surface area contributed by atoms with E-state index in [0.717, 1.165) is 52.9 Å². The number of hydrogen-bond acceptors (Lipinski definition) is 6. The van der Waals surface area contributed by atoms with Crippen molar-refractivity contribution in [3.8, 4) is 11.4 Å². The fourth-order valence-electron chi connectivity index (χ4n) is 3.67. The van der Waals surface area contributed by atoms with E-state index in [0.29, 0.717) is 11.7 Å². The molecule has 6 nitrogen and oxygen atoms in total. The van der Waals surface area contributed by atoms with Crippen LogP contribution in [-0.4, -0.2) is 34.4 Å². The van der Waals surface area contributed by atoms with E-state index in [9.17, 15) is 9.59 Å². The Bertz CT molecular complexity index is 1140. The van der Waals surface area contributed by atoms with Crippen molar-refractivity contribution in [1.29, 1.82) is 0 Å². The number of nitrogens with zero attached hydrogens (tertiary/aromatic N) is 2. The van der Waals surface area contributed by atoms with E-state index in [4.69, 9.17) is 9.72 Å². The quantitative estimate of drug-likeness (QED) is 0.442. The molecule has 0 fully saturated rings. The summed E-state index contributed by atoms with van der Waals surface area (Å²) in [5, 5.41) is 3.83. The summed E-state index contributed by atoms with van der Waals surface area (Å²) in [6, 6.07) is 7.37. The van der Waals surface area contributed by atoms with Gasteiger partial charge in [-0.2, -0.15) is 0 Å². The first kappa shape index (κ1) is 20.9. The third-order valence-electron chi connectivity index (χ3n) is 5.24. The molecule has 1 atom stereocenters. The van der Waals surface area contributed by atoms with Crippen molar-refractivity contribution in [2.24, 2.45) is 0 Å². The van der Waals surface area contributed by atoms with E-state index in [1.165, 1.54) is 16.6 Å². The number of carbonyl (C=O) groups excluding carboxylic acids is 1. The summed E-state index contributed by atoms with van der Waals surface area (Å²) in [7, 11) is 1.61. The number of fused-ring (bicyclic) bond motifs is 3. The Morgan fingerprint density at radius 2 is 2.10 bits per heavy atom. The zero-order valence-corrected chi connectivity index (χ0v) is 19.0. The maximum absolute atomic E-state index is 13.6. The van der Waals surface area contributed by atoms with Gasteiger partial charge in [-0.05, 0) is 62.4 Å². The molecule has 2 heterocycles. The monoisotopic (exact) mass is 443 g/mol. The number of methoxy groups -OCH3 is 1. The molecule has 0 radical (unpaired) electrons. The summed E-state index contributed by atoms with van der Waals surface area (Å²) in [5.41, 5.74) is 1.81. The van der Waals surface area contributed by atoms with E-state index in [2.05, 4.69) is 5.32 Å². The number of carbonyl (C=O) groups is 1. The van der Waals surface area contributed by atoms with E-state index in [1.54, 1.807) is 23.0 Å². The minimum Gasteiger partial charge on any atom is -0.497 e. The summed E-state index contributed by atoms with van der Waals surface area (Å²) in [5.74, 6) is 0.671. The van der Waals surface area contributed by atoms with Crippen molar-refractivity contribution in [1.82, 2.24) is 14.9 Å². The molecular weight excluding hydrogens is 418 g/mol. The lowest BCUT2D eigenvalue weighted by Gasteiger charge is -2.16. The number of nitrogens with one attached hydrogen (secondary N) is 1. The molecule has 8 heteroatoms. The second-order valence-corrected chi connectivity index (χ2v) is 9.71. The van der Waals surface area contributed by atoms with Crippen LogP contribution in [0.5, 0.6) is 5.75 Å². The third kappa shape index (κ3) is 3.86. The van der Waals surface area contributed by atoms with Crippen molar-refractivity contribution in [3.63, 3.8) is 0 Å². The molecule has 0 bridgehead atoms. The average Bonchev–Trinajstić information content (AvgIpc) is 3.33. The van der Waals surface area contributed by atoms with E-state index >= 15 is 0 Å². The minimum absolute atomic E-state index is 0.0499. The third-order valence-corrected chi connectivity index (χ3v) is 7.48. The molecule has 2 aromatic heterocycles. The lowest BCUT2D eigenvalue weighted by Crippen LogP contribution is -2.32. The van der Waals surface area contributed by atoms with Gasteiger partial charge in [0.05, 0.1) is 23.4 Å². The van der Waals surface area contributed by atoms with Gasteiger partial charge in [-0.25, -0.2) is 4.98 Å². The van der Waals surface area contributed by atoms with Crippen LogP contribution in [0.1, 0.15) is 37.1 Å². The van der Waals surface area contributed by atoms with Gasteiger partial charge in [0.25, 0.3) is 5.56 Å². The fourth-order valence-corrected chi connectivity index (χ4v) is 5.92. The van der Waals surface area contributed by atoms with E-state index < -0.39 is 0 Å². The molecule has 1 N–H and O–H groups in total. The molecule has 4 rings (SSSR count). The number of aromatic nitrogens is 2. The van der Waals surface area contributed by atoms with Crippen LogP contribution in [0.4, 0.5) is 0 Å². The number of thioether (sulfide) groups is 1. The SMILES string of the molecule is CCCNC(=O)C(C)Sc1nc2sc3c(c2c(=O)n1-c1ccc(OC)cc1)CCC3. The molecule has 1 aliphatic carbocycles. The van der Waals surface area contributed by atoms with Crippen LogP contribution >= 0.6 is 23.1 Å². The zero-order valence-electron chi connectivity index (χ0n) is 17.4. The van der Waals surface area contributed by atoms with E-state index in [1.807, 2.05) is 38.1 Å². The second-order valence-electron chi connectivity index (χ2n) is 7.32. The van der Waals surface area contributed by atoms with Gasteiger partial charge in [0.15, 0.2) is 5.16 Å². The summed E-state index contributed by atoms with van der Waals surface area (Å²) in [6.45, 7) is 4.50. The van der Waals surface area contributed by atoms with Gasteiger partial charge in [-0.3, -0.25) is 14.2 Å². The number of hydrogen-bond donors (Lipinski definition) is 1. The highest BCUT2D eigenvalue weighted by atomic mass is 32.2. The largest absolute Gasteiger partial charge is 0.497 e. The predicted molar refractivity (Wildman–Crippen MR) is 122 cm³/mol. The molecule has 0 saturated carbocycles. The predicted octanol–water partition coefficient (Wildman–Crippen LogP) is 3.95. The average molecular weight is 444 g/mol. The molecule has 0 spiro atoms. The van der Waals surface area contributed by atoms with Gasteiger partial charge in [-0.1, -0.05) is 18.7 Å². The van der Waals surface area contributed by atoms with Crippen LogP contribution in [0.3, 0.4) is 0 Å². The highest BCUT2D eigenvalue weighted by molar-refractivity contribution is 8.00. The lowest BCUT2D eigenvalue weighted by molar-refractivity contribution is -0.120. The normalized spacial score (nSPS) is 14.0. The van der Waals surface area contributed by atoms with Crippen LogP contribution in [0.15, 0.2) is 34.2 Å². The fraction of sp³-hybridized carbons (Fsp3) is 0.409. The number of amides is 1. The smallest absolute Gasteiger partial charge is 0.267 e. The van der Waals surface area contributed by atoms with Gasteiger partial charge in [0.2, 0.25) is 5.91 Å². The lowest BCUT2D eigenvalue weighted by atomic mass is 10.2. The number of ether oxygens (including phenoxy) is 1. The molecule has 0 aliphatic heterocycles. The van der Waals surface area contributed by atoms with Crippen LogP contribution in [0, 0.1) is 0 Å². The number of rotatable bonds is 7. The first-order valence-electron chi connectivity index (χ1n) is 10.2. The van der Waals surface area contributed by atoms with Crippen molar-refractivity contribution in [3.05, 3.63) is 45.1 Å². The maximum Gasteiger partial charge on any atom is 0.267 e. The van der Waals surface area contributed by atoms with Gasteiger partial charge in [0.1, 0.15) is 10.6 Å². The first-order chi connectivity index (χ1) is 14.5. The van der Waals surface area contributed by atoms with Crippen molar-refractivity contribution in [2.75, 3.05) is 13.7 Å². The minimum atomic E-state index is -0.364. The molecule has 30 heavy (non-hydrogen) atoms. The number of benzene rings is 1. The molecular formula is C22H25N3O3S2. The Hall–Kier alpha value is -2.32. The Kier molecular flexibility index (Phi) is 6.15. The van der Waals surface area contributed by atoms with Gasteiger partial charge < -0.3 is 10.1 Å². The van der Waals surface area contributed by atoms with E-state index in [-0.39, 0.29) is 16.7 Å². The van der Waals surface area contributed by atoms with Crippen LogP contribution in [-0.2, 0) is 17.6 Å². The van der Waals surface area contributed by atoms with Crippen molar-refractivity contribution in [2.45, 2.75) is 49.9 Å². The van der Waals surface area contributed by atoms with Crippen LogP contribution < -0.4 is 15.6 Å². The van der Waals surface area contributed by atoms with Crippen LogP contribution in [0.2, 0.25) is 0 Å². The summed E-state index contributed by atoms with van der Waals surface area (Å²) >= 11 is 2.93. The van der Waals surface area contributed by atoms with Crippen LogP contribution in [0.25, 0.3) is 15.9 Å². The molecule has 3 aromatic rings. The summed E-state index contributed by atoms with van der Waals surface area (Å²) in [4.78, 5) is 33.0. The molecule has 1 aliphatic rings. The molecule has 0 saturated heterocycles. The number of thiophene rings is 1. The zero-order chi connectivity index (χ0) is 21.3. The Balaban J connectivity index is 1.83. The standard InChI is InChI=1S/C22H25N3O3S2/c1-4-12-23-19(26)13(2)29-22-24-20-18(16-6-5-7-17(16)30-20)21(27)25(22)14-8-10-15(28-3)11-9-14/h8-11,13H,4-7,12H2,1-3H3,(H,23,26). The maximum atomic E-state index is 13.6.